The zero-order valence-corrected chi connectivity index (χ0v) is 53.9. The number of nitrogen functional groups attached to an aromatic ring is 1. The second-order valence-corrected chi connectivity index (χ2v) is 22.2. The average molecular weight is 1210 g/mol. The minimum Gasteiger partial charge on any atom is -0.744 e. The van der Waals surface area contributed by atoms with E-state index in [0.29, 0.717) is 18.2 Å². The number of fused-ring (bicyclic) bond motifs is 1. The predicted molar refractivity (Wildman–Crippen MR) is 230 cm³/mol. The van der Waals surface area contributed by atoms with Crippen LogP contribution in [0.15, 0.2) is 113 Å². The second-order valence-electron chi connectivity index (χ2n) is 13.3. The molecule has 1 aliphatic rings. The normalized spacial score (nSPS) is 13.4. The SMILES string of the molecule is Nc1c(N=Nc2ccc(S(=O)(=O)[O-])cc2)c(S(=O)(=O)[O-])cc2c1C(=O)C(=NNc1cc(Nc3nc(Cl)nc(Nc4cccc(S(=O)(=O)CCOS(=O)(=O)[O-])c4)n3)ccc1S(=O)(=O)[O-])C(S(=O)(=O)[O-])=C2.[Na+].[Na+].[Na+].[Na+].[Na+]. The van der Waals surface area contributed by atoms with Crippen LogP contribution in [0.25, 0.3) is 6.08 Å². The number of nitrogens with one attached hydrogen (secondary N) is 3. The molecule has 4 aromatic carbocycles. The van der Waals surface area contributed by atoms with Gasteiger partial charge in [-0.15, -0.1) is 5.11 Å². The number of nitrogens with zero attached hydrogens (tertiary/aromatic N) is 6. The third-order valence-electron chi connectivity index (χ3n) is 8.66. The number of sulfone groups is 1. The van der Waals surface area contributed by atoms with Gasteiger partial charge in [0.15, 0.2) is 9.84 Å². The van der Waals surface area contributed by atoms with Crippen LogP contribution < -0.4 is 170 Å². The number of aromatic nitrogens is 3. The van der Waals surface area contributed by atoms with Crippen LogP contribution in [0, 0.1) is 0 Å². The number of hydrogen-bond acceptors (Lipinski definition) is 29. The molecule has 366 valence electrons. The summed E-state index contributed by atoms with van der Waals surface area (Å²) in [6, 6.07) is 11.3. The van der Waals surface area contributed by atoms with Crippen molar-refractivity contribution in [1.82, 2.24) is 15.0 Å². The molecule has 29 nitrogen and oxygen atoms in total. The zero-order chi connectivity index (χ0) is 51.1. The Kier molecular flexibility index (Phi) is 26.3. The summed E-state index contributed by atoms with van der Waals surface area (Å²) in [6.07, 6.45) is 0.406. The molecular weight excluding hydrogens is 1180 g/mol. The van der Waals surface area contributed by atoms with Crippen molar-refractivity contribution in [2.75, 3.05) is 34.2 Å². The van der Waals surface area contributed by atoms with Crippen molar-refractivity contribution in [3.8, 4) is 0 Å². The van der Waals surface area contributed by atoms with Crippen molar-refractivity contribution >= 4 is 136 Å². The Morgan fingerprint density at radius 3 is 1.73 bits per heavy atom. The van der Waals surface area contributed by atoms with Gasteiger partial charge in [-0.05, 0) is 90.0 Å². The third kappa shape index (κ3) is 18.6. The van der Waals surface area contributed by atoms with Gasteiger partial charge in [0.05, 0.1) is 59.5 Å². The quantitative estimate of drug-likeness (QED) is 0.0168. The maximum atomic E-state index is 14.0. The predicted octanol–water partition coefficient (Wildman–Crippen LogP) is -13.5. The summed E-state index contributed by atoms with van der Waals surface area (Å²) < 4.78 is 207. The van der Waals surface area contributed by atoms with Gasteiger partial charge in [0.25, 0.3) is 0 Å². The van der Waals surface area contributed by atoms with Gasteiger partial charge in [0, 0.05) is 11.4 Å². The number of ketones is 1. The third-order valence-corrected chi connectivity index (χ3v) is 14.4. The van der Waals surface area contributed by atoms with Crippen LogP contribution in [0.2, 0.25) is 5.28 Å². The van der Waals surface area contributed by atoms with Crippen LogP contribution >= 0.6 is 11.6 Å². The van der Waals surface area contributed by atoms with Crippen LogP contribution in [0.3, 0.4) is 0 Å². The first-order valence-electron chi connectivity index (χ1n) is 17.8. The van der Waals surface area contributed by atoms with E-state index in [1.807, 2.05) is 5.43 Å². The summed E-state index contributed by atoms with van der Waals surface area (Å²) in [4.78, 5) is 20.9. The molecule has 0 fully saturated rings. The first kappa shape index (κ1) is 70.5. The van der Waals surface area contributed by atoms with E-state index in [9.17, 15) is 78.1 Å². The van der Waals surface area contributed by atoms with Gasteiger partial charge in [-0.3, -0.25) is 14.4 Å². The Morgan fingerprint density at radius 2 is 1.20 bits per heavy atom. The number of Topliss-reactive ketones (excluding diaryl/α,β-unsaturated/α-hetero) is 1. The standard InChI is InChI=1S/C33H27ClN10O19S6.5Na/c34-31-38-32(36-18-2-1-3-21(14-18)64(46,47)11-10-63-69(60,61)62)40-33(39-31)37-19-6-9-23(66(51,52)53)22(15-19)42-44-29-25(68(57,58)59)13-16-12-24(67(54,55)56)28(27(35)26(16)30(29)45)43-41-17-4-7-20(8-5-17)65(48,49)50;;;;;/h1-9,12-15,42H,10-11,35H2,(H,48,49,50)(H,51,52,53)(H,54,55,56)(H,57,58,59)(H,60,61,62)(H2,36,37,38,39,40);;;;;/q;5*+1/p-5. The molecule has 1 heterocycles. The van der Waals surface area contributed by atoms with Gasteiger partial charge in [0.2, 0.25) is 33.4 Å². The number of nitrogens with two attached hydrogens (primary N) is 1. The van der Waals surface area contributed by atoms with E-state index in [2.05, 4.69) is 45.1 Å². The number of anilines is 6. The zero-order valence-electron chi connectivity index (χ0n) is 38.3. The Hall–Kier alpha value is -1.48. The van der Waals surface area contributed by atoms with Crippen molar-refractivity contribution in [2.45, 2.75) is 19.6 Å². The Morgan fingerprint density at radius 1 is 0.635 bits per heavy atom. The van der Waals surface area contributed by atoms with E-state index in [-0.39, 0.29) is 176 Å². The summed E-state index contributed by atoms with van der Waals surface area (Å²) in [5.74, 6) is -3.23. The van der Waals surface area contributed by atoms with E-state index in [1.54, 1.807) is 0 Å². The van der Waals surface area contributed by atoms with Crippen molar-refractivity contribution in [3.05, 3.63) is 94.1 Å². The summed E-state index contributed by atoms with van der Waals surface area (Å²) in [6.45, 7) is -0.973. The molecule has 0 saturated heterocycles. The number of allylic oxidation sites excluding steroid dienone is 1. The van der Waals surface area contributed by atoms with Crippen LogP contribution in [0.1, 0.15) is 15.9 Å². The molecule has 5 N–H and O–H groups in total. The molecule has 0 spiro atoms. The van der Waals surface area contributed by atoms with Gasteiger partial charge in [-0.1, -0.05) is 6.07 Å². The number of hydrazone groups is 1. The largest absolute Gasteiger partial charge is 1.00 e. The second kappa shape index (κ2) is 27.6. The van der Waals surface area contributed by atoms with Crippen molar-refractivity contribution in [3.63, 3.8) is 0 Å². The van der Waals surface area contributed by atoms with Crippen LogP contribution in [0.4, 0.5) is 46.0 Å². The van der Waals surface area contributed by atoms with E-state index in [4.69, 9.17) is 17.3 Å². The van der Waals surface area contributed by atoms with E-state index < -0.39 is 144 Å². The van der Waals surface area contributed by atoms with Crippen LogP contribution in [-0.2, 0) is 64.9 Å². The van der Waals surface area contributed by atoms with Gasteiger partial charge in [-0.2, -0.15) is 25.2 Å². The van der Waals surface area contributed by atoms with Crippen LogP contribution in [-0.4, -0.2) is 112 Å². The molecule has 74 heavy (non-hydrogen) atoms. The molecule has 0 atom stereocenters. The fourth-order valence-corrected chi connectivity index (χ4v) is 9.82. The number of carbonyl (C=O) groups excluding carboxylic acids is 1. The number of benzene rings is 4. The molecule has 0 unspecified atom stereocenters. The fourth-order valence-electron chi connectivity index (χ4n) is 5.75. The van der Waals surface area contributed by atoms with E-state index >= 15 is 0 Å². The van der Waals surface area contributed by atoms with Gasteiger partial charge >= 0.3 is 148 Å². The molecule has 0 aliphatic heterocycles. The Balaban J connectivity index is 0.00000548. The van der Waals surface area contributed by atoms with E-state index in [1.165, 1.54) is 12.1 Å². The molecular formula is C33H22ClN10Na5O19S6. The van der Waals surface area contributed by atoms with Crippen LogP contribution in [0.5, 0.6) is 0 Å². The molecule has 0 amide bonds. The fraction of sp³-hybridized carbons (Fsp3) is 0.0606. The summed E-state index contributed by atoms with van der Waals surface area (Å²) >= 11 is 6.07. The van der Waals surface area contributed by atoms with E-state index in [0.717, 1.165) is 48.5 Å². The summed E-state index contributed by atoms with van der Waals surface area (Å²) in [5, 5.41) is 15.6. The number of hydrogen-bond donors (Lipinski definition) is 4. The van der Waals surface area contributed by atoms with Crippen molar-refractivity contribution in [1.29, 1.82) is 0 Å². The van der Waals surface area contributed by atoms with Crippen molar-refractivity contribution in [2.24, 2.45) is 15.3 Å². The minimum atomic E-state index is -5.78. The van der Waals surface area contributed by atoms with Gasteiger partial charge in [0.1, 0.15) is 51.9 Å². The minimum absolute atomic E-state index is 0. The molecule has 41 heteroatoms. The molecule has 1 aromatic heterocycles. The maximum Gasteiger partial charge on any atom is 1.00 e. The topological polar surface area (TPSA) is 484 Å². The molecule has 6 rings (SSSR count). The number of carbonyl (C=O) groups is 1. The first-order chi connectivity index (χ1) is 31.8. The summed E-state index contributed by atoms with van der Waals surface area (Å²) in [5.41, 5.74) is 2.05. The van der Waals surface area contributed by atoms with Crippen molar-refractivity contribution < 1.29 is 230 Å². The number of halogens is 1. The average Bonchev–Trinajstić information content (AvgIpc) is 3.20. The number of azo groups is 1. The first-order valence-corrected chi connectivity index (χ1v) is 26.7. The monoisotopic (exact) mass is 1200 g/mol. The maximum absolute atomic E-state index is 14.0. The number of rotatable bonds is 17. The Bertz CT molecular complexity index is 3790. The smallest absolute Gasteiger partial charge is 0.744 e. The molecule has 0 bridgehead atoms. The molecule has 0 saturated carbocycles. The van der Waals surface area contributed by atoms with Gasteiger partial charge < -0.3 is 39.1 Å². The molecule has 1 aliphatic carbocycles. The molecule has 0 radical (unpaired) electrons. The Labute approximate surface area is 536 Å². The summed E-state index contributed by atoms with van der Waals surface area (Å²) in [7, 11) is -31.1. The molecule has 5 aromatic rings. The van der Waals surface area contributed by atoms with Gasteiger partial charge in [-0.25, -0.2) is 50.5 Å².